The number of hydrogen-bond acceptors (Lipinski definition) is 4. The van der Waals surface area contributed by atoms with Gasteiger partial charge in [-0.2, -0.15) is 0 Å². The van der Waals surface area contributed by atoms with Crippen molar-refractivity contribution in [3.8, 4) is 0 Å². The highest BCUT2D eigenvalue weighted by Gasteiger charge is 2.35. The molecule has 1 fully saturated rings. The second-order valence-electron chi connectivity index (χ2n) is 6.01. The summed E-state index contributed by atoms with van der Waals surface area (Å²) in [5, 5.41) is 3.31. The van der Waals surface area contributed by atoms with E-state index in [0.717, 1.165) is 19.6 Å². The van der Waals surface area contributed by atoms with Crippen molar-refractivity contribution in [2.75, 3.05) is 18.5 Å². The summed E-state index contributed by atoms with van der Waals surface area (Å²) in [5.41, 5.74) is 0.185. The average Bonchev–Trinajstić information content (AvgIpc) is 2.37. The minimum absolute atomic E-state index is 0.185. The van der Waals surface area contributed by atoms with Gasteiger partial charge in [-0.1, -0.05) is 20.8 Å². The normalized spacial score (nSPS) is 24.8. The van der Waals surface area contributed by atoms with E-state index in [1.165, 1.54) is 6.42 Å². The van der Waals surface area contributed by atoms with E-state index in [9.17, 15) is 0 Å². The Morgan fingerprint density at radius 3 is 2.72 bits per heavy atom. The Balaban J connectivity index is 1.94. The number of aromatic nitrogens is 2. The van der Waals surface area contributed by atoms with Gasteiger partial charge >= 0.3 is 0 Å². The highest BCUT2D eigenvalue weighted by molar-refractivity contribution is 5.22. The van der Waals surface area contributed by atoms with Gasteiger partial charge in [0.2, 0.25) is 5.95 Å². The van der Waals surface area contributed by atoms with Crippen molar-refractivity contribution in [1.29, 1.82) is 0 Å². The Labute approximate surface area is 109 Å². The van der Waals surface area contributed by atoms with Crippen LogP contribution in [0.5, 0.6) is 0 Å². The molecular weight excluding hydrogens is 226 g/mol. The predicted octanol–water partition coefficient (Wildman–Crippen LogP) is 2.73. The van der Waals surface area contributed by atoms with E-state index in [1.807, 2.05) is 6.07 Å². The topological polar surface area (TPSA) is 47.0 Å². The molecule has 2 atom stereocenters. The smallest absolute Gasteiger partial charge is 0.222 e. The van der Waals surface area contributed by atoms with E-state index in [-0.39, 0.29) is 5.41 Å². The molecule has 4 nitrogen and oxygen atoms in total. The fourth-order valence-electron chi connectivity index (χ4n) is 2.62. The van der Waals surface area contributed by atoms with Gasteiger partial charge in [-0.05, 0) is 24.3 Å². The standard InChI is InChI=1S/C14H23N3O/c1-14(2,3)12-11(6-4-9-18-12)10-17-13-15-7-5-8-16-13/h5,7-8,11-12H,4,6,9-10H2,1-3H3,(H,15,16,17). The van der Waals surface area contributed by atoms with Crippen molar-refractivity contribution in [1.82, 2.24) is 9.97 Å². The molecule has 0 spiro atoms. The summed E-state index contributed by atoms with van der Waals surface area (Å²) in [6.07, 6.45) is 6.18. The minimum atomic E-state index is 0.185. The zero-order valence-electron chi connectivity index (χ0n) is 11.5. The van der Waals surface area contributed by atoms with Crippen molar-refractivity contribution in [3.63, 3.8) is 0 Å². The first-order valence-electron chi connectivity index (χ1n) is 6.70. The summed E-state index contributed by atoms with van der Waals surface area (Å²) in [6.45, 7) is 8.51. The molecule has 2 unspecified atom stereocenters. The SMILES string of the molecule is CC(C)(C)C1OCCCC1CNc1ncccn1. The van der Waals surface area contributed by atoms with Gasteiger partial charge in [0.05, 0.1) is 6.10 Å². The fraction of sp³-hybridized carbons (Fsp3) is 0.714. The van der Waals surface area contributed by atoms with Crippen LogP contribution in [0.2, 0.25) is 0 Å². The van der Waals surface area contributed by atoms with Crippen LogP contribution < -0.4 is 5.32 Å². The third kappa shape index (κ3) is 3.42. The second kappa shape index (κ2) is 5.65. The number of nitrogens with zero attached hydrogens (tertiary/aromatic N) is 2. The summed E-state index contributed by atoms with van der Waals surface area (Å²) in [6, 6.07) is 1.83. The Morgan fingerprint density at radius 1 is 1.33 bits per heavy atom. The van der Waals surface area contributed by atoms with Crippen LogP contribution >= 0.6 is 0 Å². The molecular formula is C14H23N3O. The minimum Gasteiger partial charge on any atom is -0.377 e. The molecule has 0 bridgehead atoms. The number of ether oxygens (including phenoxy) is 1. The van der Waals surface area contributed by atoms with E-state index >= 15 is 0 Å². The lowest BCUT2D eigenvalue weighted by atomic mass is 9.78. The first kappa shape index (κ1) is 13.3. The van der Waals surface area contributed by atoms with Crippen LogP contribution in [0.3, 0.4) is 0 Å². The Hall–Kier alpha value is -1.16. The van der Waals surface area contributed by atoms with Crippen molar-refractivity contribution in [3.05, 3.63) is 18.5 Å². The molecule has 1 N–H and O–H groups in total. The molecule has 0 aromatic carbocycles. The third-order valence-electron chi connectivity index (χ3n) is 3.39. The first-order chi connectivity index (χ1) is 8.57. The molecule has 2 rings (SSSR count). The van der Waals surface area contributed by atoms with E-state index in [4.69, 9.17) is 4.74 Å². The highest BCUT2D eigenvalue weighted by atomic mass is 16.5. The van der Waals surface area contributed by atoms with Gasteiger partial charge < -0.3 is 10.1 Å². The monoisotopic (exact) mass is 249 g/mol. The predicted molar refractivity (Wildman–Crippen MR) is 72.4 cm³/mol. The van der Waals surface area contributed by atoms with Gasteiger partial charge in [-0.3, -0.25) is 0 Å². The van der Waals surface area contributed by atoms with Gasteiger partial charge in [0.1, 0.15) is 0 Å². The molecule has 18 heavy (non-hydrogen) atoms. The van der Waals surface area contributed by atoms with Gasteiger partial charge in [0.25, 0.3) is 0 Å². The Bertz CT molecular complexity index is 361. The lowest BCUT2D eigenvalue weighted by Crippen LogP contribution is -2.42. The van der Waals surface area contributed by atoms with Crippen LogP contribution in [0.15, 0.2) is 18.5 Å². The first-order valence-corrected chi connectivity index (χ1v) is 6.70. The molecule has 0 radical (unpaired) electrons. The van der Waals surface area contributed by atoms with Crippen LogP contribution in [0.4, 0.5) is 5.95 Å². The van der Waals surface area contributed by atoms with Crippen LogP contribution in [-0.4, -0.2) is 29.2 Å². The van der Waals surface area contributed by atoms with Crippen molar-refractivity contribution in [2.24, 2.45) is 11.3 Å². The third-order valence-corrected chi connectivity index (χ3v) is 3.39. The van der Waals surface area contributed by atoms with E-state index in [0.29, 0.717) is 18.0 Å². The maximum Gasteiger partial charge on any atom is 0.222 e. The Kier molecular flexibility index (Phi) is 4.17. The fourth-order valence-corrected chi connectivity index (χ4v) is 2.62. The lowest BCUT2D eigenvalue weighted by molar-refractivity contribution is -0.0814. The largest absolute Gasteiger partial charge is 0.377 e. The number of rotatable bonds is 3. The van der Waals surface area contributed by atoms with Gasteiger partial charge in [-0.15, -0.1) is 0 Å². The van der Waals surface area contributed by atoms with Crippen LogP contribution in [-0.2, 0) is 4.74 Å². The summed E-state index contributed by atoms with van der Waals surface area (Å²) in [4.78, 5) is 8.37. The molecule has 1 saturated heterocycles. The van der Waals surface area contributed by atoms with Gasteiger partial charge in [0, 0.05) is 31.5 Å². The molecule has 0 saturated carbocycles. The summed E-state index contributed by atoms with van der Waals surface area (Å²) < 4.78 is 5.96. The molecule has 1 aromatic heterocycles. The molecule has 0 aliphatic carbocycles. The van der Waals surface area contributed by atoms with Crippen LogP contribution in [0.25, 0.3) is 0 Å². The van der Waals surface area contributed by atoms with Crippen LogP contribution in [0, 0.1) is 11.3 Å². The molecule has 2 heterocycles. The van der Waals surface area contributed by atoms with E-state index in [2.05, 4.69) is 36.1 Å². The van der Waals surface area contributed by atoms with Gasteiger partial charge in [-0.25, -0.2) is 9.97 Å². The van der Waals surface area contributed by atoms with Crippen molar-refractivity contribution >= 4 is 5.95 Å². The average molecular weight is 249 g/mol. The zero-order valence-corrected chi connectivity index (χ0v) is 11.5. The molecule has 1 aliphatic heterocycles. The molecule has 0 amide bonds. The van der Waals surface area contributed by atoms with Crippen molar-refractivity contribution in [2.45, 2.75) is 39.7 Å². The Morgan fingerprint density at radius 2 is 2.06 bits per heavy atom. The molecule has 1 aromatic rings. The highest BCUT2D eigenvalue weighted by Crippen LogP contribution is 2.33. The maximum absolute atomic E-state index is 5.96. The quantitative estimate of drug-likeness (QED) is 0.894. The number of nitrogens with one attached hydrogen (secondary N) is 1. The van der Waals surface area contributed by atoms with Crippen molar-refractivity contribution < 1.29 is 4.74 Å². The number of anilines is 1. The molecule has 100 valence electrons. The van der Waals surface area contributed by atoms with Crippen LogP contribution in [0.1, 0.15) is 33.6 Å². The summed E-state index contributed by atoms with van der Waals surface area (Å²) in [5.74, 6) is 1.23. The molecule has 1 aliphatic rings. The van der Waals surface area contributed by atoms with E-state index < -0.39 is 0 Å². The summed E-state index contributed by atoms with van der Waals surface area (Å²) in [7, 11) is 0. The van der Waals surface area contributed by atoms with Gasteiger partial charge in [0.15, 0.2) is 0 Å². The van der Waals surface area contributed by atoms with E-state index in [1.54, 1.807) is 12.4 Å². The zero-order chi connectivity index (χ0) is 13.0. The lowest BCUT2D eigenvalue weighted by Gasteiger charge is -2.40. The summed E-state index contributed by atoms with van der Waals surface area (Å²) >= 11 is 0. The number of hydrogen-bond donors (Lipinski definition) is 1. The maximum atomic E-state index is 5.96. The molecule has 4 heteroatoms. The second-order valence-corrected chi connectivity index (χ2v) is 6.01.